The van der Waals surface area contributed by atoms with Crippen LogP contribution in [0.5, 0.6) is 0 Å². The molecule has 0 saturated heterocycles. The van der Waals surface area contributed by atoms with E-state index in [1.54, 1.807) is 11.3 Å². The highest BCUT2D eigenvalue weighted by atomic mass is 32.1. The van der Waals surface area contributed by atoms with Crippen molar-refractivity contribution in [1.82, 2.24) is 10.6 Å². The van der Waals surface area contributed by atoms with E-state index in [9.17, 15) is 4.79 Å². The number of thiophene rings is 1. The summed E-state index contributed by atoms with van der Waals surface area (Å²) in [6, 6.07) is 12.8. The molecule has 1 aliphatic carbocycles. The van der Waals surface area contributed by atoms with Gasteiger partial charge in [0.15, 0.2) is 0 Å². The first-order valence-corrected chi connectivity index (χ1v) is 8.27. The molecular formula is C17H20N2OS. The Bertz CT molecular complexity index is 604. The first-order chi connectivity index (χ1) is 10.2. The van der Waals surface area contributed by atoms with E-state index in [2.05, 4.69) is 46.3 Å². The lowest BCUT2D eigenvalue weighted by Gasteiger charge is -2.12. The highest BCUT2D eigenvalue weighted by Crippen LogP contribution is 2.25. The van der Waals surface area contributed by atoms with Crippen LogP contribution in [-0.4, -0.2) is 18.0 Å². The second-order valence-electron chi connectivity index (χ2n) is 5.55. The number of benzene rings is 1. The third-order valence-electron chi connectivity index (χ3n) is 3.66. The van der Waals surface area contributed by atoms with Gasteiger partial charge in [-0.25, -0.2) is 0 Å². The number of hydrogen-bond acceptors (Lipinski definition) is 3. The number of rotatable bonds is 6. The molecule has 1 saturated carbocycles. The Morgan fingerprint density at radius 3 is 2.76 bits per heavy atom. The van der Waals surface area contributed by atoms with Crippen molar-refractivity contribution >= 4 is 17.2 Å². The van der Waals surface area contributed by atoms with Gasteiger partial charge in [-0.2, -0.15) is 0 Å². The smallest absolute Gasteiger partial charge is 0.237 e. The van der Waals surface area contributed by atoms with E-state index in [4.69, 9.17) is 0 Å². The number of hydrogen-bond donors (Lipinski definition) is 2. The van der Waals surface area contributed by atoms with E-state index < -0.39 is 0 Å². The van der Waals surface area contributed by atoms with Crippen LogP contribution >= 0.6 is 11.3 Å². The Labute approximate surface area is 129 Å². The molecule has 0 spiro atoms. The largest absolute Gasteiger partial charge is 0.352 e. The zero-order valence-electron chi connectivity index (χ0n) is 12.1. The van der Waals surface area contributed by atoms with Crippen LogP contribution < -0.4 is 10.6 Å². The Hall–Kier alpha value is -1.65. The zero-order chi connectivity index (χ0) is 14.7. The van der Waals surface area contributed by atoms with Crippen molar-refractivity contribution in [3.05, 3.63) is 46.7 Å². The molecule has 1 unspecified atom stereocenters. The molecule has 3 nitrogen and oxygen atoms in total. The van der Waals surface area contributed by atoms with Gasteiger partial charge in [0, 0.05) is 17.5 Å². The molecule has 0 aliphatic heterocycles. The third kappa shape index (κ3) is 3.93. The molecule has 4 heteroatoms. The minimum absolute atomic E-state index is 0.109. The molecule has 0 bridgehead atoms. The molecule has 2 aromatic rings. The first kappa shape index (κ1) is 14.3. The molecule has 1 aromatic heterocycles. The average molecular weight is 300 g/mol. The first-order valence-electron chi connectivity index (χ1n) is 7.39. The summed E-state index contributed by atoms with van der Waals surface area (Å²) in [5.41, 5.74) is 2.48. The minimum atomic E-state index is -0.145. The van der Waals surface area contributed by atoms with Gasteiger partial charge in [0.05, 0.1) is 6.04 Å². The summed E-state index contributed by atoms with van der Waals surface area (Å²) in [5, 5.41) is 8.49. The van der Waals surface area contributed by atoms with Crippen molar-refractivity contribution in [2.24, 2.45) is 0 Å². The Balaban J connectivity index is 1.53. The van der Waals surface area contributed by atoms with E-state index in [0.29, 0.717) is 6.04 Å². The maximum atomic E-state index is 11.9. The number of amides is 1. The molecule has 1 heterocycles. The minimum Gasteiger partial charge on any atom is -0.352 e. The normalized spacial score (nSPS) is 15.7. The molecule has 1 amide bonds. The SMILES string of the molecule is CC(NCc1cc(-c2ccccc2)cs1)C(=O)NC1CC1. The van der Waals surface area contributed by atoms with Crippen molar-refractivity contribution in [1.29, 1.82) is 0 Å². The van der Waals surface area contributed by atoms with Crippen molar-refractivity contribution < 1.29 is 4.79 Å². The predicted molar refractivity (Wildman–Crippen MR) is 87.2 cm³/mol. The zero-order valence-corrected chi connectivity index (χ0v) is 13.0. The number of nitrogens with one attached hydrogen (secondary N) is 2. The molecule has 2 N–H and O–H groups in total. The second kappa shape index (κ2) is 6.41. The van der Waals surface area contributed by atoms with Gasteiger partial charge in [0.25, 0.3) is 0 Å². The second-order valence-corrected chi connectivity index (χ2v) is 6.55. The summed E-state index contributed by atoms with van der Waals surface area (Å²) < 4.78 is 0. The number of carbonyl (C=O) groups excluding carboxylic acids is 1. The van der Waals surface area contributed by atoms with E-state index in [1.807, 2.05) is 13.0 Å². The molecule has 1 atom stereocenters. The van der Waals surface area contributed by atoms with Crippen molar-refractivity contribution in [2.45, 2.75) is 38.4 Å². The van der Waals surface area contributed by atoms with Crippen LogP contribution in [0.4, 0.5) is 0 Å². The van der Waals surface area contributed by atoms with Gasteiger partial charge in [0.1, 0.15) is 0 Å². The Morgan fingerprint density at radius 1 is 1.29 bits per heavy atom. The molecular weight excluding hydrogens is 280 g/mol. The molecule has 21 heavy (non-hydrogen) atoms. The van der Waals surface area contributed by atoms with Crippen LogP contribution in [0.3, 0.4) is 0 Å². The molecule has 110 valence electrons. The van der Waals surface area contributed by atoms with E-state index in [-0.39, 0.29) is 11.9 Å². The maximum absolute atomic E-state index is 11.9. The molecule has 1 fully saturated rings. The lowest BCUT2D eigenvalue weighted by molar-refractivity contribution is -0.122. The Morgan fingerprint density at radius 2 is 2.05 bits per heavy atom. The summed E-state index contributed by atoms with van der Waals surface area (Å²) in [4.78, 5) is 13.1. The summed E-state index contributed by atoms with van der Waals surface area (Å²) in [6.45, 7) is 2.65. The Kier molecular flexibility index (Phi) is 4.36. The van der Waals surface area contributed by atoms with Gasteiger partial charge in [-0.3, -0.25) is 4.79 Å². The summed E-state index contributed by atoms with van der Waals surface area (Å²) in [5.74, 6) is 0.109. The lowest BCUT2D eigenvalue weighted by atomic mass is 10.1. The maximum Gasteiger partial charge on any atom is 0.237 e. The van der Waals surface area contributed by atoms with Gasteiger partial charge >= 0.3 is 0 Å². The molecule has 1 aliphatic rings. The summed E-state index contributed by atoms with van der Waals surface area (Å²) in [7, 11) is 0. The summed E-state index contributed by atoms with van der Waals surface area (Å²) >= 11 is 1.73. The van der Waals surface area contributed by atoms with Crippen LogP contribution in [0.25, 0.3) is 11.1 Å². The highest BCUT2D eigenvalue weighted by molar-refractivity contribution is 7.10. The molecule has 3 rings (SSSR count). The molecule has 1 aromatic carbocycles. The standard InChI is InChI=1S/C17H20N2OS/c1-12(17(20)19-15-7-8-15)18-10-16-9-14(11-21-16)13-5-3-2-4-6-13/h2-6,9,11-12,15,18H,7-8,10H2,1H3,(H,19,20). The molecule has 0 radical (unpaired) electrons. The van der Waals surface area contributed by atoms with Crippen molar-refractivity contribution in [2.75, 3.05) is 0 Å². The summed E-state index contributed by atoms with van der Waals surface area (Å²) in [6.07, 6.45) is 2.26. The van der Waals surface area contributed by atoms with Crippen LogP contribution in [-0.2, 0) is 11.3 Å². The quantitative estimate of drug-likeness (QED) is 0.860. The van der Waals surface area contributed by atoms with Crippen LogP contribution in [0, 0.1) is 0 Å². The average Bonchev–Trinajstić information content (AvgIpc) is 3.20. The van der Waals surface area contributed by atoms with Gasteiger partial charge < -0.3 is 10.6 Å². The van der Waals surface area contributed by atoms with Crippen LogP contribution in [0.1, 0.15) is 24.6 Å². The van der Waals surface area contributed by atoms with Gasteiger partial charge in [-0.15, -0.1) is 11.3 Å². The van der Waals surface area contributed by atoms with E-state index in [1.165, 1.54) is 16.0 Å². The fraction of sp³-hybridized carbons (Fsp3) is 0.353. The monoisotopic (exact) mass is 300 g/mol. The van der Waals surface area contributed by atoms with Gasteiger partial charge in [-0.05, 0) is 42.3 Å². The van der Waals surface area contributed by atoms with Crippen LogP contribution in [0.15, 0.2) is 41.8 Å². The highest BCUT2D eigenvalue weighted by Gasteiger charge is 2.25. The fourth-order valence-electron chi connectivity index (χ4n) is 2.16. The fourth-order valence-corrected chi connectivity index (χ4v) is 3.00. The van der Waals surface area contributed by atoms with Crippen molar-refractivity contribution in [3.8, 4) is 11.1 Å². The third-order valence-corrected chi connectivity index (χ3v) is 4.60. The van der Waals surface area contributed by atoms with Gasteiger partial charge in [0.2, 0.25) is 5.91 Å². The predicted octanol–water partition coefficient (Wildman–Crippen LogP) is 3.17. The van der Waals surface area contributed by atoms with E-state index in [0.717, 1.165) is 19.4 Å². The van der Waals surface area contributed by atoms with E-state index >= 15 is 0 Å². The van der Waals surface area contributed by atoms with Gasteiger partial charge in [-0.1, -0.05) is 30.3 Å². The lowest BCUT2D eigenvalue weighted by Crippen LogP contribution is -2.42. The topological polar surface area (TPSA) is 41.1 Å². The van der Waals surface area contributed by atoms with Crippen molar-refractivity contribution in [3.63, 3.8) is 0 Å². The van der Waals surface area contributed by atoms with Crippen LogP contribution in [0.2, 0.25) is 0 Å². The number of carbonyl (C=O) groups is 1.